The van der Waals surface area contributed by atoms with Crippen molar-refractivity contribution in [1.29, 1.82) is 0 Å². The molecule has 0 saturated heterocycles. The van der Waals surface area contributed by atoms with Crippen molar-refractivity contribution in [3.05, 3.63) is 71.8 Å². The summed E-state index contributed by atoms with van der Waals surface area (Å²) >= 11 is 0. The van der Waals surface area contributed by atoms with Gasteiger partial charge in [0.1, 0.15) is 10.1 Å². The minimum atomic E-state index is -5.04. The average molecular weight is 462 g/mol. The molecule has 0 spiro atoms. The molecule has 2 aromatic carbocycles. The van der Waals surface area contributed by atoms with Gasteiger partial charge in [-0.1, -0.05) is 60.7 Å². The van der Waals surface area contributed by atoms with Crippen molar-refractivity contribution < 1.29 is 32.0 Å². The second-order valence-corrected chi connectivity index (χ2v) is 9.01. The first-order valence-corrected chi connectivity index (χ1v) is 12.2. The largest absolute Gasteiger partial charge is 0.747 e. The summed E-state index contributed by atoms with van der Waals surface area (Å²) in [6.07, 6.45) is 3.39. The maximum Gasteiger partial charge on any atom is 0.323 e. The summed E-state index contributed by atoms with van der Waals surface area (Å²) in [6.45, 7) is 0.0675. The van der Waals surface area contributed by atoms with Gasteiger partial charge in [0, 0.05) is 0 Å². The molecule has 8 heteroatoms. The standard InChI is InChI=1S/C24H30O7S/c25-23(30-17-9-7-15-20-11-3-1-4-12-20)19-22(32(27,28)29)24(26)31-18-10-8-16-21-13-5-2-6-14-21/h1-6,11-14,22H,7-10,15-19H2,(H,27,28,29)/p-1. The molecule has 0 bridgehead atoms. The van der Waals surface area contributed by atoms with E-state index in [2.05, 4.69) is 0 Å². The Hall–Kier alpha value is -2.71. The van der Waals surface area contributed by atoms with E-state index in [-0.39, 0.29) is 13.2 Å². The van der Waals surface area contributed by atoms with Crippen LogP contribution in [-0.4, -0.2) is 43.4 Å². The molecule has 0 aromatic heterocycles. The van der Waals surface area contributed by atoms with Crippen molar-refractivity contribution in [2.45, 2.75) is 50.2 Å². The predicted octanol–water partition coefficient (Wildman–Crippen LogP) is 3.42. The van der Waals surface area contributed by atoms with Crippen LogP contribution in [0.1, 0.15) is 43.2 Å². The normalized spacial score (nSPS) is 12.2. The Labute approximate surface area is 189 Å². The number of ether oxygens (including phenoxy) is 2. The average Bonchev–Trinajstić information content (AvgIpc) is 2.77. The number of hydrogen-bond donors (Lipinski definition) is 0. The first kappa shape index (κ1) is 25.5. The second kappa shape index (κ2) is 13.6. The van der Waals surface area contributed by atoms with Crippen LogP contribution < -0.4 is 0 Å². The van der Waals surface area contributed by atoms with Crippen molar-refractivity contribution >= 4 is 22.1 Å². The molecule has 0 aliphatic carbocycles. The minimum Gasteiger partial charge on any atom is -0.747 e. The Bertz CT molecular complexity index is 927. The maximum atomic E-state index is 12.1. The van der Waals surface area contributed by atoms with E-state index in [0.717, 1.165) is 31.2 Å². The zero-order valence-corrected chi connectivity index (χ0v) is 18.8. The topological polar surface area (TPSA) is 110 Å². The van der Waals surface area contributed by atoms with Crippen molar-refractivity contribution in [1.82, 2.24) is 0 Å². The number of carbonyl (C=O) groups is 2. The van der Waals surface area contributed by atoms with E-state index >= 15 is 0 Å². The highest BCUT2D eigenvalue weighted by atomic mass is 32.2. The van der Waals surface area contributed by atoms with Crippen LogP contribution in [0.2, 0.25) is 0 Å². The number of carbonyl (C=O) groups excluding carboxylic acids is 2. The fourth-order valence-electron chi connectivity index (χ4n) is 3.12. The number of esters is 2. The summed E-state index contributed by atoms with van der Waals surface area (Å²) in [5.74, 6) is -2.11. The van der Waals surface area contributed by atoms with Gasteiger partial charge in [0.05, 0.1) is 19.6 Å². The van der Waals surface area contributed by atoms with Crippen molar-refractivity contribution in [2.75, 3.05) is 13.2 Å². The van der Waals surface area contributed by atoms with E-state index < -0.39 is 33.7 Å². The number of benzene rings is 2. The highest BCUT2D eigenvalue weighted by Crippen LogP contribution is 2.11. The predicted molar refractivity (Wildman–Crippen MR) is 119 cm³/mol. The van der Waals surface area contributed by atoms with E-state index in [1.807, 2.05) is 60.7 Å². The van der Waals surface area contributed by atoms with Crippen LogP contribution in [0.4, 0.5) is 0 Å². The highest BCUT2D eigenvalue weighted by Gasteiger charge is 2.30. The second-order valence-electron chi connectivity index (χ2n) is 7.46. The van der Waals surface area contributed by atoms with Crippen LogP contribution in [0.5, 0.6) is 0 Å². The number of aryl methyl sites for hydroxylation is 2. The first-order chi connectivity index (χ1) is 15.4. The van der Waals surface area contributed by atoms with Gasteiger partial charge in [0.15, 0.2) is 5.25 Å². The molecule has 0 amide bonds. The number of unbranched alkanes of at least 4 members (excludes halogenated alkanes) is 2. The molecular weight excluding hydrogens is 432 g/mol. The fourth-order valence-corrected chi connectivity index (χ4v) is 3.76. The van der Waals surface area contributed by atoms with Crippen LogP contribution in [0.3, 0.4) is 0 Å². The van der Waals surface area contributed by atoms with Crippen molar-refractivity contribution in [2.24, 2.45) is 0 Å². The smallest absolute Gasteiger partial charge is 0.323 e. The molecule has 2 aromatic rings. The Morgan fingerprint density at radius 2 is 1.22 bits per heavy atom. The molecule has 0 fully saturated rings. The SMILES string of the molecule is O=C(CC(C(=O)OCCCCc1ccccc1)S(=O)(=O)[O-])OCCCCc1ccccc1. The van der Waals surface area contributed by atoms with Gasteiger partial charge in [-0.25, -0.2) is 8.42 Å². The van der Waals surface area contributed by atoms with Crippen LogP contribution >= 0.6 is 0 Å². The van der Waals surface area contributed by atoms with Gasteiger partial charge in [0.25, 0.3) is 0 Å². The van der Waals surface area contributed by atoms with E-state index in [1.54, 1.807) is 0 Å². The summed E-state index contributed by atoms with van der Waals surface area (Å²) in [5.41, 5.74) is 2.31. The molecule has 1 atom stereocenters. The summed E-state index contributed by atoms with van der Waals surface area (Å²) in [7, 11) is -5.04. The third-order valence-corrected chi connectivity index (χ3v) is 5.93. The summed E-state index contributed by atoms with van der Waals surface area (Å²) < 4.78 is 44.3. The molecule has 0 heterocycles. The molecule has 32 heavy (non-hydrogen) atoms. The fraction of sp³-hybridized carbons (Fsp3) is 0.417. The highest BCUT2D eigenvalue weighted by molar-refractivity contribution is 7.87. The van der Waals surface area contributed by atoms with E-state index in [9.17, 15) is 22.6 Å². The maximum absolute atomic E-state index is 12.1. The van der Waals surface area contributed by atoms with Crippen LogP contribution in [-0.2, 0) is 42.0 Å². The molecule has 0 aliphatic rings. The summed E-state index contributed by atoms with van der Waals surface area (Å²) in [5, 5.41) is -2.09. The molecule has 1 unspecified atom stereocenters. The van der Waals surface area contributed by atoms with Crippen molar-refractivity contribution in [3.63, 3.8) is 0 Å². The van der Waals surface area contributed by atoms with E-state index in [1.165, 1.54) is 5.56 Å². The molecule has 0 radical (unpaired) electrons. The Kier molecular flexibility index (Phi) is 10.9. The first-order valence-electron chi connectivity index (χ1n) is 10.7. The summed E-state index contributed by atoms with van der Waals surface area (Å²) in [4.78, 5) is 24.0. The van der Waals surface area contributed by atoms with E-state index in [0.29, 0.717) is 12.8 Å². The zero-order chi connectivity index (χ0) is 23.2. The van der Waals surface area contributed by atoms with Gasteiger partial charge in [-0.3, -0.25) is 9.59 Å². The lowest BCUT2D eigenvalue weighted by molar-refractivity contribution is -0.150. The van der Waals surface area contributed by atoms with Gasteiger partial charge < -0.3 is 14.0 Å². The lowest BCUT2D eigenvalue weighted by Gasteiger charge is -2.18. The third kappa shape index (κ3) is 10.1. The van der Waals surface area contributed by atoms with Gasteiger partial charge in [-0.2, -0.15) is 0 Å². The molecular formula is C24H29O7S-. The Morgan fingerprint density at radius 1 is 0.750 bits per heavy atom. The molecule has 7 nitrogen and oxygen atoms in total. The zero-order valence-electron chi connectivity index (χ0n) is 18.0. The van der Waals surface area contributed by atoms with Crippen LogP contribution in [0, 0.1) is 0 Å². The third-order valence-electron chi connectivity index (χ3n) is 4.88. The lowest BCUT2D eigenvalue weighted by atomic mass is 10.1. The Balaban J connectivity index is 1.67. The van der Waals surface area contributed by atoms with Gasteiger partial charge in [-0.15, -0.1) is 0 Å². The summed E-state index contributed by atoms with van der Waals surface area (Å²) in [6, 6.07) is 19.6. The van der Waals surface area contributed by atoms with Crippen LogP contribution in [0.15, 0.2) is 60.7 Å². The minimum absolute atomic E-state index is 0.0216. The Morgan fingerprint density at radius 3 is 1.69 bits per heavy atom. The van der Waals surface area contributed by atoms with Gasteiger partial charge in [0.2, 0.25) is 0 Å². The molecule has 2 rings (SSSR count). The quantitative estimate of drug-likeness (QED) is 0.241. The molecule has 0 N–H and O–H groups in total. The van der Waals surface area contributed by atoms with Crippen LogP contribution in [0.25, 0.3) is 0 Å². The molecule has 174 valence electrons. The monoisotopic (exact) mass is 461 g/mol. The van der Waals surface area contributed by atoms with Gasteiger partial charge >= 0.3 is 11.9 Å². The lowest BCUT2D eigenvalue weighted by Crippen LogP contribution is -2.34. The van der Waals surface area contributed by atoms with E-state index in [4.69, 9.17) is 9.47 Å². The molecule has 0 saturated carbocycles. The van der Waals surface area contributed by atoms with Crippen molar-refractivity contribution in [3.8, 4) is 0 Å². The van der Waals surface area contributed by atoms with Gasteiger partial charge in [-0.05, 0) is 49.7 Å². The number of hydrogen-bond acceptors (Lipinski definition) is 7. The number of rotatable bonds is 14. The molecule has 0 aliphatic heterocycles.